The topological polar surface area (TPSA) is 77.8 Å². The lowest BCUT2D eigenvalue weighted by Crippen LogP contribution is -2.33. The maximum Gasteiger partial charge on any atom is 0.212 e. The number of hydrogen-bond donors (Lipinski definition) is 1. The van der Waals surface area contributed by atoms with Crippen LogP contribution in [0.4, 0.5) is 0 Å². The van der Waals surface area contributed by atoms with Crippen LogP contribution in [0.25, 0.3) is 0 Å². The molecule has 0 bridgehead atoms. The van der Waals surface area contributed by atoms with Gasteiger partial charge in [0.25, 0.3) is 0 Å². The van der Waals surface area contributed by atoms with Crippen LogP contribution in [0.3, 0.4) is 0 Å². The first-order valence-electron chi connectivity index (χ1n) is 7.69. The normalized spacial score (nSPS) is 20.4. The van der Waals surface area contributed by atoms with Crippen molar-refractivity contribution in [1.29, 1.82) is 0 Å². The van der Waals surface area contributed by atoms with E-state index in [0.717, 1.165) is 25.2 Å². The number of rotatable bonds is 9. The fourth-order valence-electron chi connectivity index (χ4n) is 2.52. The molecular formula is C15H25NO5S. The van der Waals surface area contributed by atoms with Gasteiger partial charge < -0.3 is 13.9 Å². The van der Waals surface area contributed by atoms with Crippen LogP contribution in [0.1, 0.15) is 37.3 Å². The van der Waals surface area contributed by atoms with Crippen molar-refractivity contribution in [1.82, 2.24) is 4.72 Å². The summed E-state index contributed by atoms with van der Waals surface area (Å²) in [7, 11) is -1.84. The number of furan rings is 1. The van der Waals surface area contributed by atoms with E-state index in [-0.39, 0.29) is 12.4 Å². The molecule has 6 nitrogen and oxygen atoms in total. The van der Waals surface area contributed by atoms with Crippen LogP contribution in [0.15, 0.2) is 16.5 Å². The molecule has 7 heteroatoms. The van der Waals surface area contributed by atoms with Gasteiger partial charge in [0.1, 0.15) is 17.6 Å². The lowest BCUT2D eigenvalue weighted by Gasteiger charge is -2.17. The SMILES string of the molecule is CCc1ccc(C(COC)NS(=O)(=O)CCC2CCOC2)o1. The van der Waals surface area contributed by atoms with E-state index in [2.05, 4.69) is 4.72 Å². The van der Waals surface area contributed by atoms with Crippen molar-refractivity contribution >= 4 is 10.0 Å². The fourth-order valence-corrected chi connectivity index (χ4v) is 3.90. The van der Waals surface area contributed by atoms with E-state index in [1.807, 2.05) is 13.0 Å². The summed E-state index contributed by atoms with van der Waals surface area (Å²) in [6.07, 6.45) is 2.33. The highest BCUT2D eigenvalue weighted by Crippen LogP contribution is 2.20. The summed E-state index contributed by atoms with van der Waals surface area (Å²) in [5, 5.41) is 0. The Hall–Kier alpha value is -0.890. The first-order chi connectivity index (χ1) is 10.5. The van der Waals surface area contributed by atoms with Crippen LogP contribution in [-0.4, -0.2) is 41.1 Å². The maximum absolute atomic E-state index is 12.3. The first kappa shape index (κ1) is 17.5. The molecule has 1 aliphatic rings. The Morgan fingerprint density at radius 1 is 1.45 bits per heavy atom. The summed E-state index contributed by atoms with van der Waals surface area (Å²) in [6.45, 7) is 3.62. The van der Waals surface area contributed by atoms with Gasteiger partial charge in [0.15, 0.2) is 0 Å². The van der Waals surface area contributed by atoms with Crippen LogP contribution in [0.5, 0.6) is 0 Å². The third kappa shape index (κ3) is 5.08. The van der Waals surface area contributed by atoms with Crippen molar-refractivity contribution in [3.63, 3.8) is 0 Å². The average Bonchev–Trinajstić information content (AvgIpc) is 3.16. The summed E-state index contributed by atoms with van der Waals surface area (Å²) < 4.78 is 43.3. The van der Waals surface area contributed by atoms with E-state index in [9.17, 15) is 8.42 Å². The fraction of sp³-hybridized carbons (Fsp3) is 0.733. The van der Waals surface area contributed by atoms with E-state index < -0.39 is 16.1 Å². The van der Waals surface area contributed by atoms with Crippen molar-refractivity contribution in [3.8, 4) is 0 Å². The van der Waals surface area contributed by atoms with E-state index in [1.165, 1.54) is 0 Å². The minimum atomic E-state index is -3.38. The molecule has 0 radical (unpaired) electrons. The number of methoxy groups -OCH3 is 1. The Morgan fingerprint density at radius 3 is 2.86 bits per heavy atom. The molecule has 1 fully saturated rings. The Morgan fingerprint density at radius 2 is 2.27 bits per heavy atom. The van der Waals surface area contributed by atoms with Gasteiger partial charge in [0.05, 0.1) is 12.4 Å². The third-order valence-electron chi connectivity index (χ3n) is 3.85. The molecule has 126 valence electrons. The summed E-state index contributed by atoms with van der Waals surface area (Å²) in [5.41, 5.74) is 0. The number of ether oxygens (including phenoxy) is 2. The average molecular weight is 331 g/mol. The molecule has 0 amide bonds. The summed E-state index contributed by atoms with van der Waals surface area (Å²) in [6, 6.07) is 3.17. The molecular weight excluding hydrogens is 306 g/mol. The summed E-state index contributed by atoms with van der Waals surface area (Å²) in [5.74, 6) is 1.86. The van der Waals surface area contributed by atoms with E-state index >= 15 is 0 Å². The Bertz CT molecular complexity index is 548. The van der Waals surface area contributed by atoms with Crippen LogP contribution >= 0.6 is 0 Å². The molecule has 2 unspecified atom stereocenters. The number of nitrogens with one attached hydrogen (secondary N) is 1. The highest BCUT2D eigenvalue weighted by Gasteiger charge is 2.24. The molecule has 2 heterocycles. The molecule has 22 heavy (non-hydrogen) atoms. The standard InChI is InChI=1S/C15H25NO5S/c1-3-13-4-5-15(21-13)14(11-19-2)16-22(17,18)9-7-12-6-8-20-10-12/h4-5,12,14,16H,3,6-11H2,1-2H3. The summed E-state index contributed by atoms with van der Waals surface area (Å²) >= 11 is 0. The van der Waals surface area contributed by atoms with Gasteiger partial charge in [-0.2, -0.15) is 0 Å². The Labute approximate surface area is 132 Å². The highest BCUT2D eigenvalue weighted by atomic mass is 32.2. The van der Waals surface area contributed by atoms with Crippen molar-refractivity contribution in [2.45, 2.75) is 32.2 Å². The molecule has 2 rings (SSSR count). The van der Waals surface area contributed by atoms with Gasteiger partial charge in [-0.3, -0.25) is 0 Å². The minimum Gasteiger partial charge on any atom is -0.464 e. The zero-order valence-corrected chi connectivity index (χ0v) is 14.0. The van der Waals surface area contributed by atoms with Gasteiger partial charge >= 0.3 is 0 Å². The molecule has 0 spiro atoms. The van der Waals surface area contributed by atoms with Gasteiger partial charge in [0, 0.05) is 26.7 Å². The Balaban J connectivity index is 1.95. The second kappa shape index (κ2) is 8.10. The van der Waals surface area contributed by atoms with Gasteiger partial charge in [-0.15, -0.1) is 0 Å². The smallest absolute Gasteiger partial charge is 0.212 e. The van der Waals surface area contributed by atoms with Crippen molar-refractivity contribution in [3.05, 3.63) is 23.7 Å². The van der Waals surface area contributed by atoms with Crippen molar-refractivity contribution < 1.29 is 22.3 Å². The lowest BCUT2D eigenvalue weighted by molar-refractivity contribution is 0.165. The predicted molar refractivity (Wildman–Crippen MR) is 83.2 cm³/mol. The second-order valence-electron chi connectivity index (χ2n) is 5.62. The van der Waals surface area contributed by atoms with Crippen molar-refractivity contribution in [2.24, 2.45) is 5.92 Å². The molecule has 1 N–H and O–H groups in total. The molecule has 1 saturated heterocycles. The molecule has 0 aliphatic carbocycles. The third-order valence-corrected chi connectivity index (χ3v) is 5.27. The number of hydrogen-bond acceptors (Lipinski definition) is 5. The van der Waals surface area contributed by atoms with Gasteiger partial charge in [-0.25, -0.2) is 13.1 Å². The first-order valence-corrected chi connectivity index (χ1v) is 9.34. The maximum atomic E-state index is 12.3. The van der Waals surface area contributed by atoms with Crippen LogP contribution < -0.4 is 4.72 Å². The molecule has 1 aromatic heterocycles. The second-order valence-corrected chi connectivity index (χ2v) is 7.49. The minimum absolute atomic E-state index is 0.0998. The van der Waals surface area contributed by atoms with Crippen LogP contribution in [0, 0.1) is 5.92 Å². The van der Waals surface area contributed by atoms with Gasteiger partial charge in [-0.1, -0.05) is 6.92 Å². The van der Waals surface area contributed by atoms with Gasteiger partial charge in [0.2, 0.25) is 10.0 Å². The predicted octanol–water partition coefficient (Wildman–Crippen LogP) is 1.88. The Kier molecular flexibility index (Phi) is 6.43. The van der Waals surface area contributed by atoms with Crippen LogP contribution in [0.2, 0.25) is 0 Å². The lowest BCUT2D eigenvalue weighted by atomic mass is 10.1. The van der Waals surface area contributed by atoms with Crippen molar-refractivity contribution in [2.75, 3.05) is 32.7 Å². The monoisotopic (exact) mass is 331 g/mol. The zero-order valence-electron chi connectivity index (χ0n) is 13.2. The van der Waals surface area contributed by atoms with E-state index in [4.69, 9.17) is 13.9 Å². The van der Waals surface area contributed by atoms with E-state index in [1.54, 1.807) is 13.2 Å². The van der Waals surface area contributed by atoms with Crippen LogP contribution in [-0.2, 0) is 25.9 Å². The molecule has 0 aromatic carbocycles. The highest BCUT2D eigenvalue weighted by molar-refractivity contribution is 7.89. The summed E-state index contributed by atoms with van der Waals surface area (Å²) in [4.78, 5) is 0. The number of sulfonamides is 1. The number of aryl methyl sites for hydroxylation is 1. The van der Waals surface area contributed by atoms with E-state index in [0.29, 0.717) is 24.7 Å². The quantitative estimate of drug-likeness (QED) is 0.747. The molecule has 1 aliphatic heterocycles. The zero-order chi connectivity index (χ0) is 16.0. The molecule has 0 saturated carbocycles. The molecule has 1 aromatic rings. The van der Waals surface area contributed by atoms with Gasteiger partial charge in [-0.05, 0) is 30.9 Å². The molecule has 2 atom stereocenters. The largest absolute Gasteiger partial charge is 0.464 e.